The van der Waals surface area contributed by atoms with Crippen molar-refractivity contribution >= 4 is 17.5 Å². The maximum absolute atomic E-state index is 11.6. The van der Waals surface area contributed by atoms with E-state index in [2.05, 4.69) is 0 Å². The summed E-state index contributed by atoms with van der Waals surface area (Å²) >= 11 is 5.79. The van der Waals surface area contributed by atoms with E-state index in [0.29, 0.717) is 19.4 Å². The van der Waals surface area contributed by atoms with E-state index in [0.717, 1.165) is 17.0 Å². The van der Waals surface area contributed by atoms with E-state index in [1.54, 1.807) is 11.9 Å². The van der Waals surface area contributed by atoms with Crippen molar-refractivity contribution in [3.05, 3.63) is 34.9 Å². The summed E-state index contributed by atoms with van der Waals surface area (Å²) in [5.41, 5.74) is 1.16. The Morgan fingerprint density at radius 3 is 2.59 bits per heavy atom. The van der Waals surface area contributed by atoms with Crippen LogP contribution in [0.25, 0.3) is 0 Å². The maximum atomic E-state index is 11.6. The van der Waals surface area contributed by atoms with E-state index in [-0.39, 0.29) is 12.5 Å². The number of halogens is 1. The smallest absolute Gasteiger partial charge is 0.222 e. The Bertz CT molecular complexity index is 351. The molecule has 0 spiro atoms. The zero-order valence-electron chi connectivity index (χ0n) is 10.0. The number of likely N-dealkylation sites (N-methyl/N-ethyl adjacent to an activating group) is 1. The van der Waals surface area contributed by atoms with Crippen LogP contribution in [0.3, 0.4) is 0 Å². The molecule has 0 radical (unpaired) electrons. The average molecular weight is 256 g/mol. The van der Waals surface area contributed by atoms with Gasteiger partial charge in [0.2, 0.25) is 5.91 Å². The molecule has 0 saturated heterocycles. The normalized spacial score (nSPS) is 10.3. The number of benzene rings is 1. The first kappa shape index (κ1) is 14.0. The van der Waals surface area contributed by atoms with Crippen molar-refractivity contribution in [1.29, 1.82) is 0 Å². The molecule has 0 bridgehead atoms. The summed E-state index contributed by atoms with van der Waals surface area (Å²) in [6, 6.07) is 7.64. The summed E-state index contributed by atoms with van der Waals surface area (Å²) < 4.78 is 0. The van der Waals surface area contributed by atoms with Gasteiger partial charge in [-0.1, -0.05) is 23.7 Å². The lowest BCUT2D eigenvalue weighted by Gasteiger charge is -2.16. The lowest BCUT2D eigenvalue weighted by molar-refractivity contribution is -0.130. The molecule has 1 amide bonds. The molecule has 0 aromatic heterocycles. The monoisotopic (exact) mass is 255 g/mol. The number of carbonyl (C=O) groups is 1. The number of carbonyl (C=O) groups excluding carboxylic acids is 1. The zero-order valence-corrected chi connectivity index (χ0v) is 10.8. The molecule has 1 aromatic carbocycles. The van der Waals surface area contributed by atoms with Gasteiger partial charge in [-0.25, -0.2) is 0 Å². The average Bonchev–Trinajstić information content (AvgIpc) is 2.34. The molecule has 3 nitrogen and oxygen atoms in total. The Hall–Kier alpha value is -1.06. The van der Waals surface area contributed by atoms with Crippen LogP contribution in [-0.4, -0.2) is 36.1 Å². The van der Waals surface area contributed by atoms with E-state index in [1.807, 2.05) is 24.3 Å². The van der Waals surface area contributed by atoms with Gasteiger partial charge < -0.3 is 10.0 Å². The molecule has 94 valence electrons. The highest BCUT2D eigenvalue weighted by molar-refractivity contribution is 6.30. The summed E-state index contributed by atoms with van der Waals surface area (Å²) in [7, 11) is 1.79. The fraction of sp³-hybridized carbons (Fsp3) is 0.462. The van der Waals surface area contributed by atoms with Gasteiger partial charge in [-0.2, -0.15) is 0 Å². The first-order valence-corrected chi connectivity index (χ1v) is 6.10. The van der Waals surface area contributed by atoms with Crippen LogP contribution in [-0.2, 0) is 11.2 Å². The SMILES string of the molecule is CN(CCc1ccc(Cl)cc1)C(=O)CCCO. The summed E-state index contributed by atoms with van der Waals surface area (Å²) in [5.74, 6) is 0.0769. The first-order valence-electron chi connectivity index (χ1n) is 5.72. The van der Waals surface area contributed by atoms with Gasteiger partial charge in [0.05, 0.1) is 0 Å². The van der Waals surface area contributed by atoms with Crippen LogP contribution >= 0.6 is 11.6 Å². The van der Waals surface area contributed by atoms with Crippen molar-refractivity contribution in [3.63, 3.8) is 0 Å². The Morgan fingerprint density at radius 2 is 2.00 bits per heavy atom. The third kappa shape index (κ3) is 5.20. The zero-order chi connectivity index (χ0) is 12.7. The molecule has 0 fully saturated rings. The number of amides is 1. The fourth-order valence-electron chi connectivity index (χ4n) is 1.49. The van der Waals surface area contributed by atoms with Gasteiger partial charge in [-0.15, -0.1) is 0 Å². The molecule has 0 heterocycles. The predicted octanol–water partition coefficient (Wildman–Crippen LogP) is 2.11. The molecule has 1 rings (SSSR count). The molecule has 0 atom stereocenters. The van der Waals surface area contributed by atoms with Gasteiger partial charge in [-0.3, -0.25) is 4.79 Å². The van der Waals surface area contributed by atoms with Gasteiger partial charge >= 0.3 is 0 Å². The third-order valence-corrected chi connectivity index (χ3v) is 2.88. The summed E-state index contributed by atoms with van der Waals surface area (Å²) in [6.07, 6.45) is 1.76. The van der Waals surface area contributed by atoms with Crippen LogP contribution in [0.1, 0.15) is 18.4 Å². The lowest BCUT2D eigenvalue weighted by atomic mass is 10.1. The second-order valence-electron chi connectivity index (χ2n) is 4.02. The topological polar surface area (TPSA) is 40.5 Å². The maximum Gasteiger partial charge on any atom is 0.222 e. The summed E-state index contributed by atoms with van der Waals surface area (Å²) in [6.45, 7) is 0.753. The second kappa shape index (κ2) is 7.30. The van der Waals surface area contributed by atoms with Crippen LogP contribution in [0.5, 0.6) is 0 Å². The van der Waals surface area contributed by atoms with Crippen molar-refractivity contribution in [2.24, 2.45) is 0 Å². The van der Waals surface area contributed by atoms with E-state index in [4.69, 9.17) is 16.7 Å². The number of nitrogens with zero attached hydrogens (tertiary/aromatic N) is 1. The molecule has 0 unspecified atom stereocenters. The lowest BCUT2D eigenvalue weighted by Crippen LogP contribution is -2.28. The van der Waals surface area contributed by atoms with Crippen LogP contribution in [0.2, 0.25) is 5.02 Å². The van der Waals surface area contributed by atoms with Crippen molar-refractivity contribution in [2.45, 2.75) is 19.3 Å². The quantitative estimate of drug-likeness (QED) is 0.846. The Morgan fingerprint density at radius 1 is 1.35 bits per heavy atom. The fourth-order valence-corrected chi connectivity index (χ4v) is 1.62. The minimum absolute atomic E-state index is 0.0662. The van der Waals surface area contributed by atoms with E-state index < -0.39 is 0 Å². The van der Waals surface area contributed by atoms with Crippen LogP contribution in [0.4, 0.5) is 0 Å². The highest BCUT2D eigenvalue weighted by Crippen LogP contribution is 2.10. The number of aliphatic hydroxyl groups excluding tert-OH is 1. The molecule has 0 saturated carbocycles. The van der Waals surface area contributed by atoms with Crippen LogP contribution in [0, 0.1) is 0 Å². The van der Waals surface area contributed by atoms with Crippen molar-refractivity contribution in [2.75, 3.05) is 20.2 Å². The highest BCUT2D eigenvalue weighted by atomic mass is 35.5. The molecule has 1 aromatic rings. The summed E-state index contributed by atoms with van der Waals surface area (Å²) in [4.78, 5) is 13.3. The Labute approximate surface area is 107 Å². The highest BCUT2D eigenvalue weighted by Gasteiger charge is 2.07. The van der Waals surface area contributed by atoms with Crippen LogP contribution in [0.15, 0.2) is 24.3 Å². The minimum Gasteiger partial charge on any atom is -0.396 e. The minimum atomic E-state index is 0.0662. The Balaban J connectivity index is 2.34. The predicted molar refractivity (Wildman–Crippen MR) is 69.1 cm³/mol. The van der Waals surface area contributed by atoms with Crippen molar-refractivity contribution in [1.82, 2.24) is 4.90 Å². The standard InChI is InChI=1S/C13H18ClNO2/c1-15(13(17)3-2-10-16)9-8-11-4-6-12(14)7-5-11/h4-7,16H,2-3,8-10H2,1H3. The number of hydrogen-bond acceptors (Lipinski definition) is 2. The number of aliphatic hydroxyl groups is 1. The summed E-state index contributed by atoms with van der Waals surface area (Å²) in [5, 5.41) is 9.37. The van der Waals surface area contributed by atoms with Gasteiger partial charge in [0.25, 0.3) is 0 Å². The molecular weight excluding hydrogens is 238 g/mol. The molecule has 0 aliphatic carbocycles. The Kier molecular flexibility index (Phi) is 6.01. The van der Waals surface area contributed by atoms with E-state index >= 15 is 0 Å². The van der Waals surface area contributed by atoms with Crippen molar-refractivity contribution in [3.8, 4) is 0 Å². The van der Waals surface area contributed by atoms with Gasteiger partial charge in [-0.05, 0) is 30.5 Å². The molecule has 4 heteroatoms. The third-order valence-electron chi connectivity index (χ3n) is 2.62. The number of rotatable bonds is 6. The molecule has 17 heavy (non-hydrogen) atoms. The van der Waals surface area contributed by atoms with Gasteiger partial charge in [0, 0.05) is 31.6 Å². The largest absolute Gasteiger partial charge is 0.396 e. The molecule has 1 N–H and O–H groups in total. The first-order chi connectivity index (χ1) is 8.13. The van der Waals surface area contributed by atoms with E-state index in [1.165, 1.54) is 0 Å². The van der Waals surface area contributed by atoms with E-state index in [9.17, 15) is 4.79 Å². The molecular formula is C13H18ClNO2. The second-order valence-corrected chi connectivity index (χ2v) is 4.46. The van der Waals surface area contributed by atoms with Crippen molar-refractivity contribution < 1.29 is 9.90 Å². The molecule has 0 aliphatic heterocycles. The van der Waals surface area contributed by atoms with Gasteiger partial charge in [0.1, 0.15) is 0 Å². The van der Waals surface area contributed by atoms with Gasteiger partial charge in [0.15, 0.2) is 0 Å². The van der Waals surface area contributed by atoms with Crippen LogP contribution < -0.4 is 0 Å². The molecule has 0 aliphatic rings. The number of hydrogen-bond donors (Lipinski definition) is 1.